The molecule has 3 N–H and O–H groups in total. The highest BCUT2D eigenvalue weighted by molar-refractivity contribution is 7.92. The lowest BCUT2D eigenvalue weighted by Crippen LogP contribution is -2.58. The molecule has 1 aliphatic heterocycles. The Bertz CT molecular complexity index is 1680. The number of amides is 3. The van der Waals surface area contributed by atoms with Gasteiger partial charge in [0, 0.05) is 42.2 Å². The van der Waals surface area contributed by atoms with Crippen LogP contribution >= 0.6 is 11.6 Å². The van der Waals surface area contributed by atoms with Crippen molar-refractivity contribution in [1.29, 1.82) is 0 Å². The van der Waals surface area contributed by atoms with E-state index in [0.717, 1.165) is 44.2 Å². The summed E-state index contributed by atoms with van der Waals surface area (Å²) in [4.78, 5) is 52.8. The van der Waals surface area contributed by atoms with Crippen LogP contribution in [-0.2, 0) is 30.6 Å². The monoisotopic (exact) mass is 762 g/mol. The van der Waals surface area contributed by atoms with Gasteiger partial charge in [0.1, 0.15) is 15.9 Å². The number of halogens is 1. The molecule has 1 saturated heterocycles. The number of para-hydroxylation sites is 1. The van der Waals surface area contributed by atoms with Gasteiger partial charge in [-0.15, -0.1) is 0 Å². The van der Waals surface area contributed by atoms with Crippen molar-refractivity contribution in [3.8, 4) is 0 Å². The molecular formula is C36H51ClN6O8S. The van der Waals surface area contributed by atoms with E-state index in [4.69, 9.17) is 16.3 Å². The summed E-state index contributed by atoms with van der Waals surface area (Å²) < 4.78 is 33.7. The van der Waals surface area contributed by atoms with Crippen LogP contribution in [0.25, 0.3) is 0 Å². The lowest BCUT2D eigenvalue weighted by atomic mass is 9.92. The van der Waals surface area contributed by atoms with Gasteiger partial charge in [0.25, 0.3) is 11.6 Å². The molecule has 2 aromatic carbocycles. The number of alkyl carbamates (subject to hydrolysis) is 1. The third-order valence-electron chi connectivity index (χ3n) is 9.17. The van der Waals surface area contributed by atoms with Crippen LogP contribution in [0.2, 0.25) is 5.02 Å². The van der Waals surface area contributed by atoms with Gasteiger partial charge >= 0.3 is 6.09 Å². The van der Waals surface area contributed by atoms with Crippen molar-refractivity contribution >= 4 is 45.0 Å². The Balaban J connectivity index is 1.63. The SMILES string of the molecule is CC(C)C(=O)N(C1CCCCC1)[C@H]1CCN(NC(=O)[C@@H](Cc2ccc(Cl)cc2)NC(CNC(=O)OC(C)(C)C)S(=O)(=O)c2ccccc2[N+](=O)[O-])C1. The topological polar surface area (TPSA) is 180 Å². The molecule has 0 radical (unpaired) electrons. The van der Waals surface area contributed by atoms with E-state index in [1.165, 1.54) is 12.1 Å². The highest BCUT2D eigenvalue weighted by Crippen LogP contribution is 2.29. The van der Waals surface area contributed by atoms with Crippen LogP contribution in [0.1, 0.15) is 78.7 Å². The minimum atomic E-state index is -4.60. The van der Waals surface area contributed by atoms with Crippen molar-refractivity contribution in [2.75, 3.05) is 19.6 Å². The summed E-state index contributed by atoms with van der Waals surface area (Å²) in [6.45, 7) is 9.02. The molecule has 52 heavy (non-hydrogen) atoms. The fraction of sp³-hybridized carbons (Fsp3) is 0.583. The fourth-order valence-corrected chi connectivity index (χ4v) is 8.46. The molecule has 0 spiro atoms. The van der Waals surface area contributed by atoms with E-state index in [2.05, 4.69) is 16.1 Å². The van der Waals surface area contributed by atoms with Crippen LogP contribution in [0.15, 0.2) is 53.4 Å². The summed E-state index contributed by atoms with van der Waals surface area (Å²) in [5, 5.41) is 17.8. The number of carbonyl (C=O) groups is 3. The highest BCUT2D eigenvalue weighted by atomic mass is 35.5. The summed E-state index contributed by atoms with van der Waals surface area (Å²) >= 11 is 6.11. The molecule has 3 amide bonds. The molecule has 1 saturated carbocycles. The number of nitro benzene ring substituents is 1. The maximum atomic E-state index is 14.2. The number of rotatable bonds is 14. The molecular weight excluding hydrogens is 712 g/mol. The number of hydrazine groups is 1. The summed E-state index contributed by atoms with van der Waals surface area (Å²) in [6.07, 6.45) is 4.93. The van der Waals surface area contributed by atoms with Crippen molar-refractivity contribution < 1.29 is 32.5 Å². The number of nitrogens with one attached hydrogen (secondary N) is 3. The fourth-order valence-electron chi connectivity index (χ4n) is 6.68. The van der Waals surface area contributed by atoms with Gasteiger partial charge in [0.15, 0.2) is 0 Å². The quantitative estimate of drug-likeness (QED) is 0.175. The molecule has 286 valence electrons. The van der Waals surface area contributed by atoms with Crippen LogP contribution in [0.3, 0.4) is 0 Å². The van der Waals surface area contributed by atoms with E-state index >= 15 is 0 Å². The Kier molecular flexibility index (Phi) is 14.0. The maximum Gasteiger partial charge on any atom is 0.407 e. The molecule has 0 aromatic heterocycles. The van der Waals surface area contributed by atoms with Gasteiger partial charge in [-0.3, -0.25) is 30.4 Å². The Morgan fingerprint density at radius 2 is 1.67 bits per heavy atom. The second-order valence-electron chi connectivity index (χ2n) is 14.7. The normalized spacial score (nSPS) is 18.4. The van der Waals surface area contributed by atoms with E-state index in [-0.39, 0.29) is 30.3 Å². The maximum absolute atomic E-state index is 14.2. The Morgan fingerprint density at radius 3 is 2.29 bits per heavy atom. The van der Waals surface area contributed by atoms with Gasteiger partial charge in [0.2, 0.25) is 15.7 Å². The summed E-state index contributed by atoms with van der Waals surface area (Å²) in [5.74, 6) is -0.643. The van der Waals surface area contributed by atoms with Crippen molar-refractivity contribution in [3.05, 3.63) is 69.2 Å². The average Bonchev–Trinajstić information content (AvgIpc) is 3.54. The Labute approximate surface area is 311 Å². The first-order valence-corrected chi connectivity index (χ1v) is 19.7. The molecule has 16 heteroatoms. The van der Waals surface area contributed by atoms with E-state index in [9.17, 15) is 32.9 Å². The van der Waals surface area contributed by atoms with E-state index in [0.29, 0.717) is 30.1 Å². The molecule has 1 heterocycles. The number of sulfone groups is 1. The predicted octanol–water partition coefficient (Wildman–Crippen LogP) is 5.00. The summed E-state index contributed by atoms with van der Waals surface area (Å²) in [7, 11) is -4.60. The highest BCUT2D eigenvalue weighted by Gasteiger charge is 2.40. The van der Waals surface area contributed by atoms with Gasteiger partial charge in [-0.25, -0.2) is 18.2 Å². The zero-order valence-corrected chi connectivity index (χ0v) is 32.0. The number of hydrogen-bond acceptors (Lipinski definition) is 10. The second-order valence-corrected chi connectivity index (χ2v) is 17.3. The number of benzene rings is 2. The average molecular weight is 763 g/mol. The molecule has 4 rings (SSSR count). The predicted molar refractivity (Wildman–Crippen MR) is 197 cm³/mol. The largest absolute Gasteiger partial charge is 0.444 e. The first kappa shape index (κ1) is 41.0. The molecule has 3 atom stereocenters. The van der Waals surface area contributed by atoms with Crippen LogP contribution in [0.4, 0.5) is 10.5 Å². The van der Waals surface area contributed by atoms with Crippen LogP contribution in [0, 0.1) is 16.0 Å². The van der Waals surface area contributed by atoms with Gasteiger partial charge in [0.05, 0.1) is 17.5 Å². The number of hydrogen-bond donors (Lipinski definition) is 3. The van der Waals surface area contributed by atoms with Crippen molar-refractivity contribution in [1.82, 2.24) is 26.0 Å². The molecule has 2 aromatic rings. The number of ether oxygens (including phenoxy) is 1. The zero-order chi connectivity index (χ0) is 38.2. The molecule has 0 bridgehead atoms. The molecule has 1 unspecified atom stereocenters. The first-order valence-electron chi connectivity index (χ1n) is 17.8. The zero-order valence-electron chi connectivity index (χ0n) is 30.5. The third kappa shape index (κ3) is 11.1. The standard InChI is InChI=1S/C36H51ClN6O8S/c1-24(2)34(45)42(27-11-7-6-8-12-27)28-19-20-41(23-28)40-33(44)29(21-25-15-17-26(37)18-16-25)39-32(22-38-35(46)51-36(3,4)5)52(49,50)31-14-10-9-13-30(31)43(47)48/h9-10,13-18,24,27-29,32,39H,6-8,11-12,19-23H2,1-5H3,(H,38,46)(H,40,44)/t28-,29+,32?/m0/s1. The Hall–Kier alpha value is -3.79. The van der Waals surface area contributed by atoms with Crippen molar-refractivity contribution in [3.63, 3.8) is 0 Å². The minimum absolute atomic E-state index is 0.00957. The number of carbonyl (C=O) groups excluding carboxylic acids is 3. The van der Waals surface area contributed by atoms with Gasteiger partial charge < -0.3 is 15.0 Å². The molecule has 1 aliphatic carbocycles. The Morgan fingerprint density at radius 1 is 1.02 bits per heavy atom. The molecule has 2 fully saturated rings. The number of nitrogens with zero attached hydrogens (tertiary/aromatic N) is 3. The van der Waals surface area contributed by atoms with Gasteiger partial charge in [-0.1, -0.05) is 69.0 Å². The lowest BCUT2D eigenvalue weighted by Gasteiger charge is -2.39. The van der Waals surface area contributed by atoms with E-state index < -0.39 is 60.9 Å². The molecule has 14 nitrogen and oxygen atoms in total. The third-order valence-corrected chi connectivity index (χ3v) is 11.4. The van der Waals surface area contributed by atoms with Gasteiger partial charge in [-0.05, 0) is 70.2 Å². The summed E-state index contributed by atoms with van der Waals surface area (Å²) in [5.41, 5.74) is 2.06. The van der Waals surface area contributed by atoms with Crippen molar-refractivity contribution in [2.45, 2.75) is 114 Å². The van der Waals surface area contributed by atoms with Crippen LogP contribution in [0.5, 0.6) is 0 Å². The first-order chi connectivity index (χ1) is 24.5. The van der Waals surface area contributed by atoms with Gasteiger partial charge in [-0.2, -0.15) is 0 Å². The summed E-state index contributed by atoms with van der Waals surface area (Å²) in [6, 6.07) is 10.5. The molecule has 2 aliphatic rings. The second kappa shape index (κ2) is 17.8. The van der Waals surface area contributed by atoms with Crippen LogP contribution < -0.4 is 16.1 Å². The smallest absolute Gasteiger partial charge is 0.407 e. The van der Waals surface area contributed by atoms with Crippen LogP contribution in [-0.4, -0.2) is 89.9 Å². The van der Waals surface area contributed by atoms with E-state index in [1.807, 2.05) is 18.7 Å². The van der Waals surface area contributed by atoms with Crippen molar-refractivity contribution in [2.24, 2.45) is 5.92 Å². The van der Waals surface area contributed by atoms with E-state index in [1.54, 1.807) is 50.0 Å². The number of nitro groups is 1. The minimum Gasteiger partial charge on any atom is -0.444 e. The lowest BCUT2D eigenvalue weighted by molar-refractivity contribution is -0.387.